The van der Waals surface area contributed by atoms with E-state index in [1.807, 2.05) is 13.8 Å². The summed E-state index contributed by atoms with van der Waals surface area (Å²) < 4.78 is 4.73. The molecule has 18 heavy (non-hydrogen) atoms. The molecule has 1 amide bonds. The first-order valence-corrected chi connectivity index (χ1v) is 6.52. The van der Waals surface area contributed by atoms with Crippen LogP contribution >= 0.6 is 11.3 Å². The van der Waals surface area contributed by atoms with Gasteiger partial charge in [0, 0.05) is 16.8 Å². The van der Waals surface area contributed by atoms with Gasteiger partial charge in [0.05, 0.1) is 12.7 Å². The Labute approximate surface area is 110 Å². The number of methoxy groups -OCH3 is 1. The highest BCUT2D eigenvalue weighted by molar-refractivity contribution is 7.10. The van der Waals surface area contributed by atoms with Gasteiger partial charge in [0.15, 0.2) is 0 Å². The normalized spacial score (nSPS) is 12.4. The summed E-state index contributed by atoms with van der Waals surface area (Å²) >= 11 is 1.44. The van der Waals surface area contributed by atoms with E-state index in [9.17, 15) is 9.59 Å². The van der Waals surface area contributed by atoms with E-state index >= 15 is 0 Å². The van der Waals surface area contributed by atoms with Gasteiger partial charge in [-0.3, -0.25) is 14.9 Å². The number of esters is 1. The SMILES string of the molecule is COC(=O)C(NCc1cc(C(N)=O)cs1)C(C)C. The molecular weight excluding hydrogens is 252 g/mol. The standard InChI is InChI=1S/C12H18N2O3S/c1-7(2)10(12(16)17-3)14-5-9-4-8(6-18-9)11(13)15/h4,6-7,10,14H,5H2,1-3H3,(H2,13,15). The van der Waals surface area contributed by atoms with E-state index < -0.39 is 5.91 Å². The summed E-state index contributed by atoms with van der Waals surface area (Å²) in [4.78, 5) is 23.4. The predicted molar refractivity (Wildman–Crippen MR) is 70.3 cm³/mol. The average molecular weight is 270 g/mol. The van der Waals surface area contributed by atoms with Crippen LogP contribution in [0, 0.1) is 5.92 Å². The van der Waals surface area contributed by atoms with Gasteiger partial charge in [-0.1, -0.05) is 13.8 Å². The molecule has 0 spiro atoms. The minimum Gasteiger partial charge on any atom is -0.468 e. The number of rotatable bonds is 6. The Morgan fingerprint density at radius 1 is 1.50 bits per heavy atom. The van der Waals surface area contributed by atoms with Crippen molar-refractivity contribution >= 4 is 23.2 Å². The molecule has 1 atom stereocenters. The van der Waals surface area contributed by atoms with Gasteiger partial charge in [-0.2, -0.15) is 0 Å². The molecule has 1 aromatic heterocycles. The maximum Gasteiger partial charge on any atom is 0.323 e. The van der Waals surface area contributed by atoms with E-state index in [0.29, 0.717) is 12.1 Å². The number of primary amides is 1. The van der Waals surface area contributed by atoms with Crippen LogP contribution in [-0.4, -0.2) is 25.0 Å². The lowest BCUT2D eigenvalue weighted by Gasteiger charge is -2.19. The first kappa shape index (κ1) is 14.7. The van der Waals surface area contributed by atoms with Crippen molar-refractivity contribution in [3.8, 4) is 0 Å². The minimum absolute atomic E-state index is 0.132. The minimum atomic E-state index is -0.439. The van der Waals surface area contributed by atoms with E-state index in [1.54, 1.807) is 11.4 Å². The molecule has 100 valence electrons. The van der Waals surface area contributed by atoms with Gasteiger partial charge in [-0.15, -0.1) is 11.3 Å². The molecular formula is C12H18N2O3S. The largest absolute Gasteiger partial charge is 0.468 e. The highest BCUT2D eigenvalue weighted by Crippen LogP contribution is 2.15. The second-order valence-electron chi connectivity index (χ2n) is 4.29. The third-order valence-corrected chi connectivity index (χ3v) is 3.49. The lowest BCUT2D eigenvalue weighted by atomic mass is 10.0. The van der Waals surface area contributed by atoms with Gasteiger partial charge in [-0.05, 0) is 12.0 Å². The van der Waals surface area contributed by atoms with Gasteiger partial charge in [-0.25, -0.2) is 0 Å². The average Bonchev–Trinajstić information content (AvgIpc) is 2.77. The Kier molecular flexibility index (Phi) is 5.30. The van der Waals surface area contributed by atoms with Crippen LogP contribution in [0.5, 0.6) is 0 Å². The molecule has 6 heteroatoms. The molecule has 1 heterocycles. The molecule has 0 aliphatic carbocycles. The fraction of sp³-hybridized carbons (Fsp3) is 0.500. The summed E-state index contributed by atoms with van der Waals surface area (Å²) in [6.45, 7) is 4.39. The third-order valence-electron chi connectivity index (χ3n) is 2.56. The molecule has 0 aliphatic rings. The molecule has 1 rings (SSSR count). The van der Waals surface area contributed by atoms with E-state index in [-0.39, 0.29) is 17.9 Å². The zero-order valence-electron chi connectivity index (χ0n) is 10.7. The molecule has 0 aliphatic heterocycles. The van der Waals surface area contributed by atoms with Crippen molar-refractivity contribution in [1.82, 2.24) is 5.32 Å². The van der Waals surface area contributed by atoms with Crippen LogP contribution in [0.15, 0.2) is 11.4 Å². The second kappa shape index (κ2) is 6.51. The van der Waals surface area contributed by atoms with Crippen molar-refractivity contribution in [3.05, 3.63) is 21.9 Å². The number of nitrogens with one attached hydrogen (secondary N) is 1. The van der Waals surface area contributed by atoms with Gasteiger partial charge < -0.3 is 10.5 Å². The molecule has 5 nitrogen and oxygen atoms in total. The quantitative estimate of drug-likeness (QED) is 0.759. The van der Waals surface area contributed by atoms with Crippen molar-refractivity contribution in [1.29, 1.82) is 0 Å². The third kappa shape index (κ3) is 3.82. The summed E-state index contributed by atoms with van der Waals surface area (Å²) in [6, 6.07) is 1.38. The Balaban J connectivity index is 2.61. The van der Waals surface area contributed by atoms with Crippen molar-refractivity contribution in [3.63, 3.8) is 0 Å². The number of hydrogen-bond donors (Lipinski definition) is 2. The monoisotopic (exact) mass is 270 g/mol. The molecule has 0 fully saturated rings. The first-order valence-electron chi connectivity index (χ1n) is 5.64. The lowest BCUT2D eigenvalue weighted by Crippen LogP contribution is -2.41. The van der Waals surface area contributed by atoms with Crippen LogP contribution in [-0.2, 0) is 16.1 Å². The molecule has 1 unspecified atom stereocenters. The maximum absolute atomic E-state index is 11.5. The molecule has 0 bridgehead atoms. The molecule has 3 N–H and O–H groups in total. The van der Waals surface area contributed by atoms with Gasteiger partial charge in [0.25, 0.3) is 0 Å². The molecule has 1 aromatic rings. The number of hydrogen-bond acceptors (Lipinski definition) is 5. The summed E-state index contributed by atoms with van der Waals surface area (Å²) in [7, 11) is 1.37. The zero-order valence-corrected chi connectivity index (χ0v) is 11.5. The molecule has 0 radical (unpaired) electrons. The van der Waals surface area contributed by atoms with E-state index in [0.717, 1.165) is 4.88 Å². The Bertz CT molecular complexity index is 429. The van der Waals surface area contributed by atoms with Crippen molar-refractivity contribution < 1.29 is 14.3 Å². The van der Waals surface area contributed by atoms with Crippen LogP contribution in [0.4, 0.5) is 0 Å². The summed E-state index contributed by atoms with van der Waals surface area (Å²) in [5.74, 6) is -0.587. The second-order valence-corrected chi connectivity index (χ2v) is 5.29. The summed E-state index contributed by atoms with van der Waals surface area (Å²) in [5, 5.41) is 4.83. The van der Waals surface area contributed by atoms with Crippen LogP contribution in [0.2, 0.25) is 0 Å². The first-order chi connectivity index (χ1) is 8.45. The fourth-order valence-electron chi connectivity index (χ4n) is 1.53. The van der Waals surface area contributed by atoms with Crippen LogP contribution < -0.4 is 11.1 Å². The number of ether oxygens (including phenoxy) is 1. The zero-order chi connectivity index (χ0) is 13.7. The van der Waals surface area contributed by atoms with Crippen molar-refractivity contribution in [2.45, 2.75) is 26.4 Å². The summed E-state index contributed by atoms with van der Waals surface area (Å²) in [5.41, 5.74) is 5.67. The molecule has 0 aromatic carbocycles. The number of carbonyl (C=O) groups is 2. The van der Waals surface area contributed by atoms with Gasteiger partial charge >= 0.3 is 5.97 Å². The van der Waals surface area contributed by atoms with Crippen LogP contribution in [0.25, 0.3) is 0 Å². The maximum atomic E-state index is 11.5. The number of carbonyl (C=O) groups excluding carboxylic acids is 2. The van der Waals surface area contributed by atoms with Crippen LogP contribution in [0.3, 0.4) is 0 Å². The Hall–Kier alpha value is -1.40. The Morgan fingerprint density at radius 3 is 2.61 bits per heavy atom. The lowest BCUT2D eigenvalue weighted by molar-refractivity contribution is -0.144. The topological polar surface area (TPSA) is 81.4 Å². The number of amides is 1. The molecule has 0 saturated heterocycles. The molecule has 0 saturated carbocycles. The van der Waals surface area contributed by atoms with Crippen molar-refractivity contribution in [2.75, 3.05) is 7.11 Å². The predicted octanol–water partition coefficient (Wildman–Crippen LogP) is 1.13. The van der Waals surface area contributed by atoms with Crippen LogP contribution in [0.1, 0.15) is 29.1 Å². The summed E-state index contributed by atoms with van der Waals surface area (Å²) in [6.07, 6.45) is 0. The Morgan fingerprint density at radius 2 is 2.17 bits per heavy atom. The fourth-order valence-corrected chi connectivity index (χ4v) is 2.36. The van der Waals surface area contributed by atoms with Crippen molar-refractivity contribution in [2.24, 2.45) is 11.7 Å². The highest BCUT2D eigenvalue weighted by atomic mass is 32.1. The number of thiophene rings is 1. The highest BCUT2D eigenvalue weighted by Gasteiger charge is 2.22. The van der Waals surface area contributed by atoms with E-state index in [1.165, 1.54) is 18.4 Å². The van der Waals surface area contributed by atoms with Gasteiger partial charge in [0.1, 0.15) is 6.04 Å². The van der Waals surface area contributed by atoms with Gasteiger partial charge in [0.2, 0.25) is 5.91 Å². The smallest absolute Gasteiger partial charge is 0.323 e. The van der Waals surface area contributed by atoms with E-state index in [4.69, 9.17) is 10.5 Å². The number of nitrogens with two attached hydrogens (primary N) is 1. The van der Waals surface area contributed by atoms with E-state index in [2.05, 4.69) is 5.32 Å².